The lowest BCUT2D eigenvalue weighted by molar-refractivity contribution is -0.117. The molecule has 6 nitrogen and oxygen atoms in total. The molecule has 7 heteroatoms. The molecule has 26 heavy (non-hydrogen) atoms. The maximum atomic E-state index is 12.2. The van der Waals surface area contributed by atoms with E-state index in [2.05, 4.69) is 10.1 Å². The topological polar surface area (TPSA) is 75.7 Å². The van der Waals surface area contributed by atoms with Gasteiger partial charge in [0.25, 0.3) is 0 Å². The van der Waals surface area contributed by atoms with Crippen molar-refractivity contribution in [1.29, 1.82) is 0 Å². The molecule has 0 aliphatic rings. The molecule has 2 rings (SSSR count). The van der Waals surface area contributed by atoms with Crippen LogP contribution in [0.3, 0.4) is 0 Å². The smallest absolute Gasteiger partial charge is 0.337 e. The lowest BCUT2D eigenvalue weighted by Crippen LogP contribution is -2.32. The van der Waals surface area contributed by atoms with E-state index in [1.807, 2.05) is 0 Å². The second-order valence-corrected chi connectivity index (χ2v) is 5.90. The monoisotopic (exact) mass is 374 g/mol. The number of rotatable bonds is 6. The zero-order valence-corrected chi connectivity index (χ0v) is 15.2. The average molecular weight is 375 g/mol. The van der Waals surface area contributed by atoms with Gasteiger partial charge in [-0.1, -0.05) is 23.7 Å². The summed E-state index contributed by atoms with van der Waals surface area (Å²) in [5.41, 5.74) is 1.51. The summed E-state index contributed by atoms with van der Waals surface area (Å²) in [5.74, 6) is -0.901. The molecule has 0 radical (unpaired) electrons. The van der Waals surface area contributed by atoms with Gasteiger partial charge in [0, 0.05) is 25.6 Å². The van der Waals surface area contributed by atoms with E-state index in [0.717, 1.165) is 0 Å². The van der Waals surface area contributed by atoms with Crippen LogP contribution in [-0.4, -0.2) is 31.4 Å². The number of halogens is 1. The van der Waals surface area contributed by atoms with E-state index in [1.54, 1.807) is 48.5 Å². The van der Waals surface area contributed by atoms with Crippen molar-refractivity contribution in [2.75, 3.05) is 23.9 Å². The molecule has 0 unspecified atom stereocenters. The van der Waals surface area contributed by atoms with Gasteiger partial charge in [-0.2, -0.15) is 0 Å². The molecular formula is C19H19ClN2O4. The number of nitrogens with zero attached hydrogens (tertiary/aromatic N) is 1. The molecule has 0 spiro atoms. The summed E-state index contributed by atoms with van der Waals surface area (Å²) in [7, 11) is 1.30. The van der Waals surface area contributed by atoms with Crippen LogP contribution in [0.15, 0.2) is 48.5 Å². The standard InChI is InChI=1S/C19H19ClN2O4/c1-13(23)22(17-6-4-3-5-16(17)20)12-11-18(24)21-15-9-7-14(8-10-15)19(25)26-2/h3-10H,11-12H2,1-2H3,(H,21,24). The second-order valence-electron chi connectivity index (χ2n) is 5.49. The molecule has 2 amide bonds. The van der Waals surface area contributed by atoms with Gasteiger partial charge in [0.05, 0.1) is 23.4 Å². The number of carbonyl (C=O) groups is 3. The first-order valence-corrected chi connectivity index (χ1v) is 8.31. The van der Waals surface area contributed by atoms with Gasteiger partial charge in [-0.25, -0.2) is 4.79 Å². The van der Waals surface area contributed by atoms with Crippen LogP contribution < -0.4 is 10.2 Å². The highest BCUT2D eigenvalue weighted by Crippen LogP contribution is 2.25. The number of methoxy groups -OCH3 is 1. The molecule has 0 aliphatic carbocycles. The molecule has 0 heterocycles. The van der Waals surface area contributed by atoms with Gasteiger partial charge in [0.1, 0.15) is 0 Å². The summed E-state index contributed by atoms with van der Waals surface area (Å²) >= 11 is 6.13. The quantitative estimate of drug-likeness (QED) is 0.785. The van der Waals surface area contributed by atoms with E-state index >= 15 is 0 Å². The fraction of sp³-hybridized carbons (Fsp3) is 0.211. The minimum absolute atomic E-state index is 0.101. The molecule has 0 fully saturated rings. The zero-order chi connectivity index (χ0) is 19.1. The lowest BCUT2D eigenvalue weighted by Gasteiger charge is -2.22. The van der Waals surface area contributed by atoms with Crippen LogP contribution in [0.5, 0.6) is 0 Å². The first-order valence-electron chi connectivity index (χ1n) is 7.93. The fourth-order valence-corrected chi connectivity index (χ4v) is 2.60. The number of hydrogen-bond donors (Lipinski definition) is 1. The van der Waals surface area contributed by atoms with Gasteiger partial charge in [-0.15, -0.1) is 0 Å². The van der Waals surface area contributed by atoms with Crippen molar-refractivity contribution in [3.05, 3.63) is 59.1 Å². The largest absolute Gasteiger partial charge is 0.465 e. The van der Waals surface area contributed by atoms with Crippen LogP contribution in [0.25, 0.3) is 0 Å². The summed E-state index contributed by atoms with van der Waals surface area (Å²) in [6, 6.07) is 13.3. The highest BCUT2D eigenvalue weighted by Gasteiger charge is 2.16. The molecule has 0 bridgehead atoms. The van der Waals surface area contributed by atoms with Gasteiger partial charge in [0.2, 0.25) is 11.8 Å². The minimum atomic E-state index is -0.445. The van der Waals surface area contributed by atoms with Gasteiger partial charge in [-0.05, 0) is 36.4 Å². The number of nitrogens with one attached hydrogen (secondary N) is 1. The number of carbonyl (C=O) groups excluding carboxylic acids is 3. The molecule has 1 N–H and O–H groups in total. The number of esters is 1. The number of para-hydroxylation sites is 1. The first-order chi connectivity index (χ1) is 12.4. The molecule has 2 aromatic rings. The van der Waals surface area contributed by atoms with Crippen molar-refractivity contribution in [1.82, 2.24) is 0 Å². The highest BCUT2D eigenvalue weighted by molar-refractivity contribution is 6.33. The lowest BCUT2D eigenvalue weighted by atomic mass is 10.2. The minimum Gasteiger partial charge on any atom is -0.465 e. The van der Waals surface area contributed by atoms with Crippen LogP contribution >= 0.6 is 11.6 Å². The summed E-state index contributed by atoms with van der Waals surface area (Å²) in [6.45, 7) is 1.62. The Bertz CT molecular complexity index is 805. The Hall–Kier alpha value is -2.86. The Morgan fingerprint density at radius 1 is 1.08 bits per heavy atom. The molecule has 0 saturated carbocycles. The predicted octanol–water partition coefficient (Wildman–Crippen LogP) is 3.51. The van der Waals surface area contributed by atoms with E-state index in [4.69, 9.17) is 11.6 Å². The average Bonchev–Trinajstić information content (AvgIpc) is 2.63. The van der Waals surface area contributed by atoms with E-state index < -0.39 is 5.97 Å². The Morgan fingerprint density at radius 3 is 2.31 bits per heavy atom. The number of benzene rings is 2. The fourth-order valence-electron chi connectivity index (χ4n) is 2.36. The van der Waals surface area contributed by atoms with Crippen LogP contribution in [-0.2, 0) is 14.3 Å². The van der Waals surface area contributed by atoms with Crippen LogP contribution in [0.4, 0.5) is 11.4 Å². The van der Waals surface area contributed by atoms with Gasteiger partial charge < -0.3 is 15.0 Å². The molecule has 0 saturated heterocycles. The van der Waals surface area contributed by atoms with Crippen molar-refractivity contribution in [2.24, 2.45) is 0 Å². The van der Waals surface area contributed by atoms with Crippen molar-refractivity contribution >= 4 is 40.8 Å². The van der Waals surface area contributed by atoms with Crippen molar-refractivity contribution < 1.29 is 19.1 Å². The van der Waals surface area contributed by atoms with Gasteiger partial charge >= 0.3 is 5.97 Å². The second kappa shape index (κ2) is 9.01. The number of hydrogen-bond acceptors (Lipinski definition) is 4. The maximum Gasteiger partial charge on any atom is 0.337 e. The molecule has 136 valence electrons. The molecule has 0 aliphatic heterocycles. The third-order valence-corrected chi connectivity index (χ3v) is 4.00. The molecule has 0 atom stereocenters. The van der Waals surface area contributed by atoms with Crippen LogP contribution in [0.1, 0.15) is 23.7 Å². The maximum absolute atomic E-state index is 12.2. The van der Waals surface area contributed by atoms with Crippen molar-refractivity contribution in [3.63, 3.8) is 0 Å². The normalized spacial score (nSPS) is 10.1. The Labute approximate surface area is 156 Å². The Morgan fingerprint density at radius 2 is 1.73 bits per heavy atom. The van der Waals surface area contributed by atoms with E-state index in [1.165, 1.54) is 18.9 Å². The van der Waals surface area contributed by atoms with Crippen LogP contribution in [0, 0.1) is 0 Å². The van der Waals surface area contributed by atoms with Crippen molar-refractivity contribution in [3.8, 4) is 0 Å². The van der Waals surface area contributed by atoms with E-state index in [-0.39, 0.29) is 24.8 Å². The number of ether oxygens (including phenoxy) is 1. The zero-order valence-electron chi connectivity index (χ0n) is 14.5. The summed E-state index contributed by atoms with van der Waals surface area (Å²) in [4.78, 5) is 36.9. The number of amides is 2. The van der Waals surface area contributed by atoms with E-state index in [9.17, 15) is 14.4 Å². The molecular weight excluding hydrogens is 356 g/mol. The Balaban J connectivity index is 1.97. The summed E-state index contributed by atoms with van der Waals surface area (Å²) in [5, 5.41) is 3.17. The summed E-state index contributed by atoms with van der Waals surface area (Å²) in [6.07, 6.45) is 0.101. The van der Waals surface area contributed by atoms with Crippen LogP contribution in [0.2, 0.25) is 5.02 Å². The third kappa shape index (κ3) is 5.07. The Kier molecular flexibility index (Phi) is 6.74. The van der Waals surface area contributed by atoms with Crippen molar-refractivity contribution in [2.45, 2.75) is 13.3 Å². The molecule has 2 aromatic carbocycles. The highest BCUT2D eigenvalue weighted by atomic mass is 35.5. The van der Waals surface area contributed by atoms with Gasteiger partial charge in [0.15, 0.2) is 0 Å². The van der Waals surface area contributed by atoms with Gasteiger partial charge in [-0.3, -0.25) is 9.59 Å². The molecule has 0 aromatic heterocycles. The first kappa shape index (κ1) is 19.5. The SMILES string of the molecule is COC(=O)c1ccc(NC(=O)CCN(C(C)=O)c2ccccc2Cl)cc1. The third-order valence-electron chi connectivity index (χ3n) is 3.68. The number of anilines is 2. The van der Waals surface area contributed by atoms with E-state index in [0.29, 0.717) is 22.0 Å². The summed E-state index contributed by atoms with van der Waals surface area (Å²) < 4.78 is 4.62. The predicted molar refractivity (Wildman–Crippen MR) is 101 cm³/mol.